The maximum atomic E-state index is 13.3. The Labute approximate surface area is 157 Å². The maximum absolute atomic E-state index is 13.3. The number of hydrogen-bond donors (Lipinski definition) is 1. The number of hydrogen-bond acceptors (Lipinski definition) is 5. The predicted molar refractivity (Wildman–Crippen MR) is 98.8 cm³/mol. The minimum Gasteiger partial charge on any atom is -0.478 e. The van der Waals surface area contributed by atoms with Crippen LogP contribution in [0.3, 0.4) is 0 Å². The molecular weight excluding hydrogens is 369 g/mol. The van der Waals surface area contributed by atoms with Crippen LogP contribution >= 0.6 is 11.3 Å². The van der Waals surface area contributed by atoms with E-state index in [1.54, 1.807) is 27.3 Å². The van der Waals surface area contributed by atoms with Gasteiger partial charge in [0.1, 0.15) is 17.3 Å². The number of aromatic nitrogens is 4. The molecule has 0 bridgehead atoms. The lowest BCUT2D eigenvalue weighted by molar-refractivity contribution is 0.102. The van der Waals surface area contributed by atoms with Crippen LogP contribution in [-0.2, 0) is 6.54 Å². The highest BCUT2D eigenvalue weighted by atomic mass is 32.1. The Balaban J connectivity index is 1.53. The van der Waals surface area contributed by atoms with E-state index in [-0.39, 0.29) is 17.4 Å². The van der Waals surface area contributed by atoms with E-state index < -0.39 is 0 Å². The summed E-state index contributed by atoms with van der Waals surface area (Å²) < 4.78 is 22.3. The average Bonchev–Trinajstić information content (AvgIpc) is 3.37. The van der Waals surface area contributed by atoms with Crippen LogP contribution in [0.2, 0.25) is 0 Å². The number of benzene rings is 1. The largest absolute Gasteiger partial charge is 0.478 e. The molecule has 5 rings (SSSR count). The van der Waals surface area contributed by atoms with Gasteiger partial charge in [-0.1, -0.05) is 0 Å². The number of aryl methyl sites for hydroxylation is 1. The third kappa shape index (κ3) is 2.76. The van der Waals surface area contributed by atoms with E-state index in [4.69, 9.17) is 4.74 Å². The fourth-order valence-corrected chi connectivity index (χ4v) is 3.78. The number of fused-ring (bicyclic) bond motifs is 2. The summed E-state index contributed by atoms with van der Waals surface area (Å²) in [5.41, 5.74) is 1.58. The van der Waals surface area contributed by atoms with Crippen molar-refractivity contribution in [3.8, 4) is 17.1 Å². The van der Waals surface area contributed by atoms with E-state index in [1.165, 1.54) is 23.5 Å². The molecule has 0 aliphatic carbocycles. The summed E-state index contributed by atoms with van der Waals surface area (Å²) in [4.78, 5) is 18.1. The smallest absolute Gasteiger partial charge is 0.277 e. The van der Waals surface area contributed by atoms with Gasteiger partial charge in [0.2, 0.25) is 5.88 Å². The number of carbonyl (C=O) groups is 1. The van der Waals surface area contributed by atoms with Crippen LogP contribution in [0.1, 0.15) is 16.9 Å². The predicted octanol–water partition coefficient (Wildman–Crippen LogP) is 3.43. The molecule has 1 aromatic carbocycles. The Morgan fingerprint density at radius 2 is 2.15 bits per heavy atom. The van der Waals surface area contributed by atoms with E-state index in [1.807, 2.05) is 11.6 Å². The van der Waals surface area contributed by atoms with Crippen molar-refractivity contribution < 1.29 is 13.9 Å². The van der Waals surface area contributed by atoms with Gasteiger partial charge in [0, 0.05) is 36.2 Å². The van der Waals surface area contributed by atoms with E-state index >= 15 is 0 Å². The van der Waals surface area contributed by atoms with Crippen LogP contribution in [0.15, 0.2) is 41.9 Å². The summed E-state index contributed by atoms with van der Waals surface area (Å²) in [7, 11) is 0. The van der Waals surface area contributed by atoms with Crippen LogP contribution in [0.4, 0.5) is 10.2 Å². The van der Waals surface area contributed by atoms with Crippen LogP contribution in [-0.4, -0.2) is 31.7 Å². The maximum Gasteiger partial charge on any atom is 0.277 e. The fraction of sp³-hybridized carbons (Fsp3) is 0.167. The zero-order chi connectivity index (χ0) is 18.4. The van der Waals surface area contributed by atoms with Gasteiger partial charge in [0.15, 0.2) is 10.7 Å². The number of halogens is 1. The Hall–Kier alpha value is -3.20. The number of anilines is 1. The van der Waals surface area contributed by atoms with Crippen LogP contribution in [0, 0.1) is 5.82 Å². The summed E-state index contributed by atoms with van der Waals surface area (Å²) in [5, 5.41) is 9.10. The first-order chi connectivity index (χ1) is 13.2. The Bertz CT molecular complexity index is 1120. The minimum atomic E-state index is -0.350. The number of carbonyl (C=O) groups excluding carboxylic acids is 1. The van der Waals surface area contributed by atoms with Gasteiger partial charge in [-0.25, -0.2) is 14.1 Å². The van der Waals surface area contributed by atoms with Crippen LogP contribution in [0.5, 0.6) is 5.88 Å². The van der Waals surface area contributed by atoms with Crippen molar-refractivity contribution in [2.45, 2.75) is 13.0 Å². The average molecular weight is 383 g/mol. The molecule has 136 valence electrons. The van der Waals surface area contributed by atoms with E-state index in [2.05, 4.69) is 15.4 Å². The summed E-state index contributed by atoms with van der Waals surface area (Å²) in [6.07, 6.45) is 2.69. The number of thiazole rings is 1. The lowest BCUT2D eigenvalue weighted by atomic mass is 10.1. The Morgan fingerprint density at radius 1 is 1.30 bits per heavy atom. The van der Waals surface area contributed by atoms with Gasteiger partial charge in [0.05, 0.1) is 6.61 Å². The molecule has 1 amide bonds. The molecule has 0 unspecified atom stereocenters. The highest BCUT2D eigenvalue weighted by Gasteiger charge is 2.22. The topological polar surface area (TPSA) is 73.5 Å². The molecule has 7 nitrogen and oxygen atoms in total. The second-order valence-corrected chi connectivity index (χ2v) is 6.99. The molecule has 1 N–H and O–H groups in total. The standard InChI is InChI=1S/C18H14FN5O2S/c19-12-4-2-11(3-5-12)15-16(23-7-9-27-18(23)20-15)21-17(25)13-10-14-24(22-13)6-1-8-26-14/h2-5,7,9-10H,1,6,8H2,(H,21,25). The zero-order valence-corrected chi connectivity index (χ0v) is 14.9. The van der Waals surface area contributed by atoms with Crippen molar-refractivity contribution in [2.75, 3.05) is 11.9 Å². The molecule has 0 saturated heterocycles. The van der Waals surface area contributed by atoms with Gasteiger partial charge >= 0.3 is 0 Å². The molecule has 27 heavy (non-hydrogen) atoms. The first-order valence-electron chi connectivity index (χ1n) is 8.42. The van der Waals surface area contributed by atoms with Crippen LogP contribution in [0.25, 0.3) is 16.2 Å². The monoisotopic (exact) mass is 383 g/mol. The molecule has 1 aliphatic heterocycles. The first kappa shape index (κ1) is 16.0. The second-order valence-electron chi connectivity index (χ2n) is 6.12. The SMILES string of the molecule is O=C(Nc1c(-c2ccc(F)cc2)nc2sccn12)c1cc2n(n1)CCCO2. The van der Waals surface area contributed by atoms with Crippen molar-refractivity contribution in [1.82, 2.24) is 19.2 Å². The summed E-state index contributed by atoms with van der Waals surface area (Å²) in [5.74, 6) is 0.444. The second kappa shape index (κ2) is 6.20. The molecule has 4 heterocycles. The quantitative estimate of drug-likeness (QED) is 0.588. The summed E-state index contributed by atoms with van der Waals surface area (Å²) in [6.45, 7) is 1.35. The van der Waals surface area contributed by atoms with Crippen molar-refractivity contribution in [1.29, 1.82) is 0 Å². The van der Waals surface area contributed by atoms with Gasteiger partial charge in [-0.05, 0) is 24.3 Å². The fourth-order valence-electron chi connectivity index (χ4n) is 3.06. The third-order valence-electron chi connectivity index (χ3n) is 4.35. The lowest BCUT2D eigenvalue weighted by Crippen LogP contribution is -2.16. The van der Waals surface area contributed by atoms with E-state index in [0.29, 0.717) is 24.0 Å². The van der Waals surface area contributed by atoms with Gasteiger partial charge in [-0.3, -0.25) is 9.20 Å². The molecule has 4 aromatic rings. The lowest BCUT2D eigenvalue weighted by Gasteiger charge is -2.13. The number of nitrogens with one attached hydrogen (secondary N) is 1. The van der Waals surface area contributed by atoms with Gasteiger partial charge in [0.25, 0.3) is 5.91 Å². The van der Waals surface area contributed by atoms with E-state index in [9.17, 15) is 9.18 Å². The van der Waals surface area contributed by atoms with Gasteiger partial charge < -0.3 is 10.1 Å². The van der Waals surface area contributed by atoms with Crippen molar-refractivity contribution in [3.05, 3.63) is 53.4 Å². The zero-order valence-electron chi connectivity index (χ0n) is 14.1. The number of imidazole rings is 1. The molecule has 3 aromatic heterocycles. The summed E-state index contributed by atoms with van der Waals surface area (Å²) in [6, 6.07) is 7.66. The number of ether oxygens (including phenoxy) is 1. The minimum absolute atomic E-state index is 0.280. The molecule has 9 heteroatoms. The molecule has 0 spiro atoms. The van der Waals surface area contributed by atoms with Crippen molar-refractivity contribution in [2.24, 2.45) is 0 Å². The summed E-state index contributed by atoms with van der Waals surface area (Å²) >= 11 is 1.45. The highest BCUT2D eigenvalue weighted by Crippen LogP contribution is 2.31. The molecule has 1 aliphatic rings. The molecule has 0 saturated carbocycles. The first-order valence-corrected chi connectivity index (χ1v) is 9.30. The van der Waals surface area contributed by atoms with Crippen LogP contribution < -0.4 is 10.1 Å². The molecule has 0 atom stereocenters. The normalized spacial score (nSPS) is 13.4. The molecular formula is C18H14FN5O2S. The van der Waals surface area contributed by atoms with Gasteiger partial charge in [-0.2, -0.15) is 5.10 Å². The third-order valence-corrected chi connectivity index (χ3v) is 5.11. The highest BCUT2D eigenvalue weighted by molar-refractivity contribution is 7.15. The Kier molecular flexibility index (Phi) is 3.68. The molecule has 0 radical (unpaired) electrons. The van der Waals surface area contributed by atoms with E-state index in [0.717, 1.165) is 23.5 Å². The number of rotatable bonds is 3. The number of nitrogens with zero attached hydrogens (tertiary/aromatic N) is 4. The van der Waals surface area contributed by atoms with Crippen molar-refractivity contribution in [3.63, 3.8) is 0 Å². The van der Waals surface area contributed by atoms with Crippen molar-refractivity contribution >= 4 is 28.0 Å². The number of amides is 1. The molecule has 0 fully saturated rings. The Morgan fingerprint density at radius 3 is 2.96 bits per heavy atom. The van der Waals surface area contributed by atoms with Gasteiger partial charge in [-0.15, -0.1) is 11.3 Å².